The summed E-state index contributed by atoms with van der Waals surface area (Å²) in [6, 6.07) is 13.2. The molecular formula is C24H28N2O5. The smallest absolute Gasteiger partial charge is 0.248 e. The van der Waals surface area contributed by atoms with Crippen LogP contribution in [0.5, 0.6) is 5.75 Å². The molecule has 7 nitrogen and oxygen atoms in total. The van der Waals surface area contributed by atoms with Crippen molar-refractivity contribution in [3.8, 4) is 5.75 Å². The molecule has 2 aromatic rings. The Morgan fingerprint density at radius 1 is 1.13 bits per heavy atom. The molecule has 1 saturated heterocycles. The number of fused-ring (bicyclic) bond motifs is 1. The molecule has 164 valence electrons. The summed E-state index contributed by atoms with van der Waals surface area (Å²) >= 11 is 0. The summed E-state index contributed by atoms with van der Waals surface area (Å²) in [6.07, 6.45) is -0.0938. The van der Waals surface area contributed by atoms with Crippen molar-refractivity contribution < 1.29 is 24.2 Å². The first-order valence-corrected chi connectivity index (χ1v) is 10.6. The first-order valence-electron chi connectivity index (χ1n) is 10.6. The molecule has 1 fully saturated rings. The van der Waals surface area contributed by atoms with Crippen molar-refractivity contribution in [1.82, 2.24) is 4.90 Å². The van der Waals surface area contributed by atoms with Gasteiger partial charge in [0.25, 0.3) is 0 Å². The second-order valence-corrected chi connectivity index (χ2v) is 8.54. The summed E-state index contributed by atoms with van der Waals surface area (Å²) in [5, 5.41) is 11.1. The van der Waals surface area contributed by atoms with Crippen LogP contribution in [0.2, 0.25) is 0 Å². The van der Waals surface area contributed by atoms with Gasteiger partial charge < -0.3 is 25.2 Å². The average molecular weight is 424 g/mol. The van der Waals surface area contributed by atoms with Crippen molar-refractivity contribution in [2.45, 2.75) is 45.1 Å². The number of aliphatic hydroxyl groups excluding tert-OH is 1. The molecule has 0 radical (unpaired) electrons. The van der Waals surface area contributed by atoms with E-state index in [1.54, 1.807) is 17.0 Å². The van der Waals surface area contributed by atoms with Gasteiger partial charge in [-0.1, -0.05) is 43.3 Å². The second-order valence-electron chi connectivity index (χ2n) is 8.54. The van der Waals surface area contributed by atoms with Crippen molar-refractivity contribution in [1.29, 1.82) is 0 Å². The number of benzene rings is 2. The number of carbonyl (C=O) groups is 2. The van der Waals surface area contributed by atoms with Crippen LogP contribution < -0.4 is 10.5 Å². The standard InChI is InChI=1S/C24H28N2O5/c1-15-18-9-8-17(21(25)27)14-19(18)31-22(28)20(16-6-4-3-5-7-16)26(15)23(29)24(2)10-12-30-13-11-24/h3-9,14-15,20,22,28H,10-13H2,1-2H3,(H2,25,27). The first kappa shape index (κ1) is 21.3. The molecule has 0 aromatic heterocycles. The molecule has 2 aromatic carbocycles. The maximum absolute atomic E-state index is 14.0. The van der Waals surface area contributed by atoms with E-state index >= 15 is 0 Å². The number of rotatable bonds is 3. The van der Waals surface area contributed by atoms with Gasteiger partial charge in [0.15, 0.2) is 0 Å². The van der Waals surface area contributed by atoms with Gasteiger partial charge in [0, 0.05) is 24.3 Å². The zero-order valence-corrected chi connectivity index (χ0v) is 17.8. The number of hydrogen-bond acceptors (Lipinski definition) is 5. The molecule has 2 amide bonds. The van der Waals surface area contributed by atoms with Gasteiger partial charge in [0.05, 0.1) is 11.5 Å². The molecule has 3 N–H and O–H groups in total. The fraction of sp³-hybridized carbons (Fsp3) is 0.417. The normalized spacial score (nSPS) is 25.1. The average Bonchev–Trinajstić information content (AvgIpc) is 2.87. The van der Waals surface area contributed by atoms with E-state index < -0.39 is 29.7 Å². The highest BCUT2D eigenvalue weighted by atomic mass is 16.6. The van der Waals surface area contributed by atoms with E-state index in [9.17, 15) is 14.7 Å². The molecule has 0 spiro atoms. The van der Waals surface area contributed by atoms with Gasteiger partial charge in [-0.25, -0.2) is 0 Å². The lowest BCUT2D eigenvalue weighted by Crippen LogP contribution is -2.50. The zero-order chi connectivity index (χ0) is 22.2. The summed E-state index contributed by atoms with van der Waals surface area (Å²) in [5.74, 6) is -0.281. The number of nitrogens with two attached hydrogens (primary N) is 1. The van der Waals surface area contributed by atoms with Gasteiger partial charge in [-0.3, -0.25) is 9.59 Å². The minimum Gasteiger partial charge on any atom is -0.462 e. The number of carbonyl (C=O) groups excluding carboxylic acids is 2. The van der Waals surface area contributed by atoms with E-state index in [0.29, 0.717) is 37.4 Å². The number of aliphatic hydroxyl groups is 1. The summed E-state index contributed by atoms with van der Waals surface area (Å²) in [7, 11) is 0. The van der Waals surface area contributed by atoms with Crippen LogP contribution in [-0.2, 0) is 9.53 Å². The fourth-order valence-electron chi connectivity index (χ4n) is 4.48. The van der Waals surface area contributed by atoms with Gasteiger partial charge in [-0.2, -0.15) is 0 Å². The number of amides is 2. The fourth-order valence-corrected chi connectivity index (χ4v) is 4.48. The monoisotopic (exact) mass is 424 g/mol. The van der Waals surface area contributed by atoms with Crippen LogP contribution in [0.25, 0.3) is 0 Å². The van der Waals surface area contributed by atoms with Crippen molar-refractivity contribution in [3.63, 3.8) is 0 Å². The van der Waals surface area contributed by atoms with E-state index in [-0.39, 0.29) is 11.5 Å². The molecule has 31 heavy (non-hydrogen) atoms. The Hall–Kier alpha value is -2.90. The van der Waals surface area contributed by atoms with Crippen LogP contribution >= 0.6 is 0 Å². The molecule has 7 heteroatoms. The van der Waals surface area contributed by atoms with Crippen LogP contribution in [0.3, 0.4) is 0 Å². The molecule has 0 bridgehead atoms. The Morgan fingerprint density at radius 2 is 1.81 bits per heavy atom. The quantitative estimate of drug-likeness (QED) is 0.789. The van der Waals surface area contributed by atoms with E-state index in [4.69, 9.17) is 15.2 Å². The number of nitrogens with zero attached hydrogens (tertiary/aromatic N) is 1. The SMILES string of the molecule is CC1c2ccc(C(N)=O)cc2OC(O)C(c2ccccc2)N1C(=O)C1(C)CCOCC1. The third kappa shape index (κ3) is 3.91. The number of primary amides is 1. The third-order valence-corrected chi connectivity index (χ3v) is 6.47. The largest absolute Gasteiger partial charge is 0.462 e. The van der Waals surface area contributed by atoms with Gasteiger partial charge in [0.2, 0.25) is 18.1 Å². The molecule has 3 unspecified atom stereocenters. The second kappa shape index (κ2) is 8.32. The van der Waals surface area contributed by atoms with E-state index in [1.807, 2.05) is 44.2 Å². The Morgan fingerprint density at radius 3 is 2.45 bits per heavy atom. The van der Waals surface area contributed by atoms with Crippen LogP contribution in [0.15, 0.2) is 48.5 Å². The molecule has 2 heterocycles. The maximum atomic E-state index is 14.0. The van der Waals surface area contributed by atoms with Crippen LogP contribution in [0.4, 0.5) is 0 Å². The molecule has 0 aliphatic carbocycles. The summed E-state index contributed by atoms with van der Waals surface area (Å²) in [6.45, 7) is 4.93. The highest BCUT2D eigenvalue weighted by molar-refractivity contribution is 5.93. The predicted molar refractivity (Wildman–Crippen MR) is 114 cm³/mol. The van der Waals surface area contributed by atoms with Crippen molar-refractivity contribution in [3.05, 3.63) is 65.2 Å². The molecule has 0 saturated carbocycles. The van der Waals surface area contributed by atoms with Crippen molar-refractivity contribution in [2.75, 3.05) is 13.2 Å². The van der Waals surface area contributed by atoms with Gasteiger partial charge in [-0.05, 0) is 37.5 Å². The van der Waals surface area contributed by atoms with Crippen LogP contribution in [-0.4, -0.2) is 41.3 Å². The molecule has 2 aliphatic heterocycles. The van der Waals surface area contributed by atoms with E-state index in [0.717, 1.165) is 5.56 Å². The van der Waals surface area contributed by atoms with Gasteiger partial charge >= 0.3 is 0 Å². The van der Waals surface area contributed by atoms with Gasteiger partial charge in [-0.15, -0.1) is 0 Å². The maximum Gasteiger partial charge on any atom is 0.248 e. The molecule has 3 atom stereocenters. The highest BCUT2D eigenvalue weighted by Crippen LogP contribution is 2.45. The Bertz CT molecular complexity index is 971. The van der Waals surface area contributed by atoms with E-state index in [2.05, 4.69) is 0 Å². The van der Waals surface area contributed by atoms with Crippen molar-refractivity contribution >= 4 is 11.8 Å². The highest BCUT2D eigenvalue weighted by Gasteiger charge is 2.46. The molecular weight excluding hydrogens is 396 g/mol. The zero-order valence-electron chi connectivity index (χ0n) is 17.8. The van der Waals surface area contributed by atoms with Crippen LogP contribution in [0.1, 0.15) is 60.3 Å². The molecule has 2 aliphatic rings. The van der Waals surface area contributed by atoms with E-state index in [1.165, 1.54) is 6.07 Å². The lowest BCUT2D eigenvalue weighted by Gasteiger charge is -2.43. The number of ether oxygens (including phenoxy) is 2. The lowest BCUT2D eigenvalue weighted by molar-refractivity contribution is -0.161. The minimum absolute atomic E-state index is 0.0494. The van der Waals surface area contributed by atoms with Gasteiger partial charge in [0.1, 0.15) is 11.8 Å². The van der Waals surface area contributed by atoms with Crippen molar-refractivity contribution in [2.24, 2.45) is 11.1 Å². The first-order chi connectivity index (χ1) is 14.8. The minimum atomic E-state index is -1.32. The summed E-state index contributed by atoms with van der Waals surface area (Å²) < 4.78 is 11.4. The predicted octanol–water partition coefficient (Wildman–Crippen LogP) is 2.94. The molecule has 4 rings (SSSR count). The third-order valence-electron chi connectivity index (χ3n) is 6.47. The lowest BCUT2D eigenvalue weighted by atomic mass is 9.79. The Balaban J connectivity index is 1.84. The summed E-state index contributed by atoms with van der Waals surface area (Å²) in [4.78, 5) is 27.4. The Labute approximate surface area is 181 Å². The Kier molecular flexibility index (Phi) is 5.73. The number of hydrogen-bond donors (Lipinski definition) is 2. The topological polar surface area (TPSA) is 102 Å². The van der Waals surface area contributed by atoms with Crippen LogP contribution in [0, 0.1) is 5.41 Å². The summed E-state index contributed by atoms with van der Waals surface area (Å²) in [5.41, 5.74) is 6.60.